The van der Waals surface area contributed by atoms with Crippen LogP contribution in [0.3, 0.4) is 0 Å². The molecule has 1 unspecified atom stereocenters. The van der Waals surface area contributed by atoms with E-state index in [1.54, 1.807) is 0 Å². The molecule has 2 N–H and O–H groups in total. The number of carbonyl (C=O) groups is 3. The first-order valence-electron chi connectivity index (χ1n) is 10.1. The fourth-order valence-electron chi connectivity index (χ4n) is 2.88. The minimum atomic E-state index is -0.873. The van der Waals surface area contributed by atoms with Gasteiger partial charge in [0.25, 0.3) is 5.69 Å². The van der Waals surface area contributed by atoms with E-state index in [0.717, 1.165) is 6.42 Å². The molecule has 0 radical (unpaired) electrons. The summed E-state index contributed by atoms with van der Waals surface area (Å²) in [5.41, 5.74) is 0.543. The predicted molar refractivity (Wildman–Crippen MR) is 121 cm³/mol. The first kappa shape index (κ1) is 24.9. The van der Waals surface area contributed by atoms with Gasteiger partial charge in [0.15, 0.2) is 5.11 Å². The molecule has 0 aliphatic carbocycles. The number of nitro benzene ring substituents is 1. The van der Waals surface area contributed by atoms with E-state index in [2.05, 4.69) is 10.6 Å². The normalized spacial score (nSPS) is 16.0. The Balaban J connectivity index is 1.94. The standard InChI is InChI=1S/C21H26N4O6S/c1-14(2)9-12-31-19(27)13-17-20(28)22-10-11-24(17)21(32)23-18(26)8-5-15-3-6-16(7-4-15)25(29)30/h3-8,14,17H,9-13H2,1-2H3,(H,22,28)(H,23,26,32)/b8-5+. The fraction of sp³-hybridized carbons (Fsp3) is 0.429. The van der Waals surface area contributed by atoms with Crippen LogP contribution in [0.1, 0.15) is 32.3 Å². The van der Waals surface area contributed by atoms with Gasteiger partial charge in [0.2, 0.25) is 11.8 Å². The largest absolute Gasteiger partial charge is 0.466 e. The monoisotopic (exact) mass is 462 g/mol. The van der Waals surface area contributed by atoms with Gasteiger partial charge in [-0.3, -0.25) is 29.8 Å². The molecule has 0 spiro atoms. The van der Waals surface area contributed by atoms with E-state index in [-0.39, 0.29) is 29.7 Å². The lowest BCUT2D eigenvalue weighted by Gasteiger charge is -2.36. The topological polar surface area (TPSA) is 131 Å². The van der Waals surface area contributed by atoms with Crippen molar-refractivity contribution in [1.29, 1.82) is 0 Å². The number of hydrogen-bond acceptors (Lipinski definition) is 7. The van der Waals surface area contributed by atoms with Gasteiger partial charge in [-0.1, -0.05) is 13.8 Å². The average Bonchev–Trinajstić information content (AvgIpc) is 2.73. The van der Waals surface area contributed by atoms with Crippen molar-refractivity contribution in [2.24, 2.45) is 5.92 Å². The molecule has 172 valence electrons. The number of benzene rings is 1. The van der Waals surface area contributed by atoms with E-state index in [9.17, 15) is 24.5 Å². The highest BCUT2D eigenvalue weighted by Crippen LogP contribution is 2.13. The maximum Gasteiger partial charge on any atom is 0.308 e. The van der Waals surface area contributed by atoms with Crippen LogP contribution in [0.5, 0.6) is 0 Å². The molecule has 10 nitrogen and oxygen atoms in total. The third-order valence-electron chi connectivity index (χ3n) is 4.67. The Morgan fingerprint density at radius 2 is 2.06 bits per heavy atom. The van der Waals surface area contributed by atoms with Gasteiger partial charge in [-0.2, -0.15) is 0 Å². The maximum absolute atomic E-state index is 12.3. The summed E-state index contributed by atoms with van der Waals surface area (Å²) in [7, 11) is 0. The van der Waals surface area contributed by atoms with Gasteiger partial charge in [0, 0.05) is 31.3 Å². The van der Waals surface area contributed by atoms with Gasteiger partial charge in [0.05, 0.1) is 18.0 Å². The highest BCUT2D eigenvalue weighted by atomic mass is 32.1. The Morgan fingerprint density at radius 3 is 2.69 bits per heavy atom. The second-order valence-corrected chi connectivity index (χ2v) is 7.97. The summed E-state index contributed by atoms with van der Waals surface area (Å²) < 4.78 is 5.19. The van der Waals surface area contributed by atoms with Gasteiger partial charge >= 0.3 is 5.97 Å². The van der Waals surface area contributed by atoms with Gasteiger partial charge in [-0.25, -0.2) is 0 Å². The second kappa shape index (κ2) is 11.9. The molecule has 0 aromatic heterocycles. The minimum Gasteiger partial charge on any atom is -0.466 e. The summed E-state index contributed by atoms with van der Waals surface area (Å²) >= 11 is 5.28. The zero-order chi connectivity index (χ0) is 23.7. The quantitative estimate of drug-likeness (QED) is 0.197. The third-order valence-corrected chi connectivity index (χ3v) is 5.01. The van der Waals surface area contributed by atoms with Crippen LogP contribution in [0.15, 0.2) is 30.3 Å². The van der Waals surface area contributed by atoms with Crippen molar-refractivity contribution in [1.82, 2.24) is 15.5 Å². The lowest BCUT2D eigenvalue weighted by Crippen LogP contribution is -2.60. The van der Waals surface area contributed by atoms with Crippen molar-refractivity contribution in [3.63, 3.8) is 0 Å². The van der Waals surface area contributed by atoms with Crippen LogP contribution in [-0.4, -0.2) is 58.5 Å². The summed E-state index contributed by atoms with van der Waals surface area (Å²) in [6, 6.07) is 4.81. The molecule has 0 bridgehead atoms. The summed E-state index contributed by atoms with van der Waals surface area (Å²) in [4.78, 5) is 48.4. The van der Waals surface area contributed by atoms with Crippen molar-refractivity contribution >= 4 is 46.9 Å². The number of hydrogen-bond donors (Lipinski definition) is 2. The number of piperazine rings is 1. The first-order chi connectivity index (χ1) is 15.2. The van der Waals surface area contributed by atoms with E-state index in [0.29, 0.717) is 24.6 Å². The van der Waals surface area contributed by atoms with E-state index in [1.807, 2.05) is 13.8 Å². The van der Waals surface area contributed by atoms with Gasteiger partial charge in [-0.15, -0.1) is 0 Å². The van der Waals surface area contributed by atoms with Crippen LogP contribution < -0.4 is 10.6 Å². The molecular formula is C21H26N4O6S. The number of thiocarbonyl (C=S) groups is 1. The molecule has 1 aliphatic rings. The molecule has 1 aromatic carbocycles. The molecule has 2 amide bonds. The number of non-ortho nitro benzene ring substituents is 1. The summed E-state index contributed by atoms with van der Waals surface area (Å²) in [5.74, 6) is -1.02. The number of carbonyl (C=O) groups excluding carboxylic acids is 3. The Bertz CT molecular complexity index is 900. The molecule has 1 atom stereocenters. The van der Waals surface area contributed by atoms with E-state index >= 15 is 0 Å². The predicted octanol–water partition coefficient (Wildman–Crippen LogP) is 1.79. The van der Waals surface area contributed by atoms with Gasteiger partial charge in [-0.05, 0) is 48.3 Å². The van der Waals surface area contributed by atoms with Gasteiger partial charge in [0.1, 0.15) is 6.04 Å². The lowest BCUT2D eigenvalue weighted by atomic mass is 10.1. The van der Waals surface area contributed by atoms with Crippen LogP contribution >= 0.6 is 12.2 Å². The minimum absolute atomic E-state index is 0.0261. The molecule has 1 aliphatic heterocycles. The van der Waals surface area contributed by atoms with Crippen molar-refractivity contribution in [2.45, 2.75) is 32.7 Å². The molecule has 1 heterocycles. The SMILES string of the molecule is CC(C)CCOC(=O)CC1C(=O)NCCN1C(=S)NC(=O)/C=C/c1ccc([N+](=O)[O-])cc1. The number of esters is 1. The smallest absolute Gasteiger partial charge is 0.308 e. The van der Waals surface area contributed by atoms with E-state index in [1.165, 1.54) is 41.3 Å². The van der Waals surface area contributed by atoms with Crippen molar-refractivity contribution in [2.75, 3.05) is 19.7 Å². The molecule has 0 saturated carbocycles. The summed E-state index contributed by atoms with van der Waals surface area (Å²) in [6.07, 6.45) is 3.25. The van der Waals surface area contributed by atoms with Crippen LogP contribution in [0.2, 0.25) is 0 Å². The van der Waals surface area contributed by atoms with Crippen LogP contribution in [-0.2, 0) is 19.1 Å². The molecule has 1 aromatic rings. The maximum atomic E-state index is 12.3. The summed E-state index contributed by atoms with van der Waals surface area (Å²) in [5, 5.41) is 15.9. The van der Waals surface area contributed by atoms with Crippen molar-refractivity contribution in [3.8, 4) is 0 Å². The number of ether oxygens (including phenoxy) is 1. The van der Waals surface area contributed by atoms with Crippen LogP contribution in [0.4, 0.5) is 5.69 Å². The Kier molecular flexibility index (Phi) is 9.26. The fourth-order valence-corrected chi connectivity index (χ4v) is 3.20. The molecule has 11 heteroatoms. The van der Waals surface area contributed by atoms with Crippen molar-refractivity contribution < 1.29 is 24.0 Å². The number of nitrogens with one attached hydrogen (secondary N) is 2. The number of nitrogens with zero attached hydrogens (tertiary/aromatic N) is 2. The first-order valence-corrected chi connectivity index (χ1v) is 10.6. The molecule has 1 fully saturated rings. The van der Waals surface area contributed by atoms with Gasteiger partial charge < -0.3 is 15.0 Å². The highest BCUT2D eigenvalue weighted by Gasteiger charge is 2.34. The zero-order valence-corrected chi connectivity index (χ0v) is 18.7. The third kappa shape index (κ3) is 7.73. The van der Waals surface area contributed by atoms with Crippen molar-refractivity contribution in [3.05, 3.63) is 46.0 Å². The van der Waals surface area contributed by atoms with E-state index in [4.69, 9.17) is 17.0 Å². The Morgan fingerprint density at radius 1 is 1.38 bits per heavy atom. The second-order valence-electron chi connectivity index (χ2n) is 7.58. The average molecular weight is 463 g/mol. The molecule has 2 rings (SSSR count). The zero-order valence-electron chi connectivity index (χ0n) is 17.9. The molecule has 1 saturated heterocycles. The Hall–Kier alpha value is -3.34. The molecular weight excluding hydrogens is 436 g/mol. The van der Waals surface area contributed by atoms with Crippen LogP contribution in [0, 0.1) is 16.0 Å². The number of nitro groups is 1. The van der Waals surface area contributed by atoms with E-state index < -0.39 is 22.8 Å². The number of amides is 2. The summed E-state index contributed by atoms with van der Waals surface area (Å²) in [6.45, 7) is 4.97. The lowest BCUT2D eigenvalue weighted by molar-refractivity contribution is -0.384. The van der Waals surface area contributed by atoms with Crippen LogP contribution in [0.25, 0.3) is 6.08 Å². The number of rotatable bonds is 8. The Labute approximate surface area is 191 Å². The highest BCUT2D eigenvalue weighted by molar-refractivity contribution is 7.80. The molecule has 32 heavy (non-hydrogen) atoms.